The summed E-state index contributed by atoms with van der Waals surface area (Å²) in [6, 6.07) is 12.6. The van der Waals surface area contributed by atoms with Crippen molar-refractivity contribution in [3.63, 3.8) is 0 Å². The van der Waals surface area contributed by atoms with E-state index < -0.39 is 35.2 Å². The molecule has 1 saturated carbocycles. The molecule has 11 heteroatoms. The molecule has 1 aromatic heterocycles. The molecule has 0 radical (unpaired) electrons. The number of aliphatic hydroxyl groups is 1. The van der Waals surface area contributed by atoms with E-state index in [1.54, 1.807) is 18.5 Å². The average molecular weight is 637 g/mol. The van der Waals surface area contributed by atoms with Crippen LogP contribution >= 0.6 is 11.6 Å². The lowest BCUT2D eigenvalue weighted by Gasteiger charge is -2.36. The van der Waals surface area contributed by atoms with Gasteiger partial charge in [0.25, 0.3) is 0 Å². The highest BCUT2D eigenvalue weighted by atomic mass is 35.5. The van der Waals surface area contributed by atoms with Crippen LogP contribution in [-0.4, -0.2) is 51.4 Å². The third-order valence-electron chi connectivity index (χ3n) is 8.96. The molecule has 0 saturated heterocycles. The zero-order valence-corrected chi connectivity index (χ0v) is 25.6. The van der Waals surface area contributed by atoms with E-state index in [0.29, 0.717) is 30.8 Å². The Balaban J connectivity index is 1.37. The van der Waals surface area contributed by atoms with E-state index in [9.17, 15) is 9.90 Å². The van der Waals surface area contributed by atoms with Crippen molar-refractivity contribution in [3.05, 3.63) is 106 Å². The van der Waals surface area contributed by atoms with Crippen LogP contribution < -0.4 is 15.8 Å². The highest BCUT2D eigenvalue weighted by Crippen LogP contribution is 2.50. The molecule has 3 atom stereocenters. The van der Waals surface area contributed by atoms with Crippen molar-refractivity contribution in [2.75, 3.05) is 6.54 Å². The monoisotopic (exact) mass is 636 g/mol. The van der Waals surface area contributed by atoms with Gasteiger partial charge >= 0.3 is 0 Å². The van der Waals surface area contributed by atoms with Gasteiger partial charge in [0.2, 0.25) is 5.91 Å². The van der Waals surface area contributed by atoms with Crippen molar-refractivity contribution in [2.45, 2.75) is 75.2 Å². The van der Waals surface area contributed by atoms with Gasteiger partial charge < -0.3 is 25.6 Å². The summed E-state index contributed by atoms with van der Waals surface area (Å²) < 4.78 is 44.5. The molecule has 2 aliphatic carbocycles. The molecule has 0 bridgehead atoms. The molecule has 1 fully saturated rings. The van der Waals surface area contributed by atoms with Gasteiger partial charge in [0.1, 0.15) is 24.3 Å². The number of carbonyl (C=O) groups is 1. The molecule has 0 spiro atoms. The number of carbonyl (C=O) groups excluding carboxylic acids is 1. The molecule has 4 N–H and O–H groups in total. The summed E-state index contributed by atoms with van der Waals surface area (Å²) in [5, 5.41) is 13.7. The first-order valence-corrected chi connectivity index (χ1v) is 15.4. The number of aromatic nitrogens is 2. The second-order valence-corrected chi connectivity index (χ2v) is 12.6. The third-order valence-corrected chi connectivity index (χ3v) is 9.33. The largest absolute Gasteiger partial charge is 0.480 e. The van der Waals surface area contributed by atoms with Crippen molar-refractivity contribution >= 4 is 23.1 Å². The number of alkyl halides is 1. The summed E-state index contributed by atoms with van der Waals surface area (Å²) in [5.41, 5.74) is 5.12. The summed E-state index contributed by atoms with van der Waals surface area (Å²) in [5.74, 6) is -1.14. The lowest BCUT2D eigenvalue weighted by atomic mass is 9.81. The molecule has 45 heavy (non-hydrogen) atoms. The van der Waals surface area contributed by atoms with Crippen molar-refractivity contribution in [2.24, 2.45) is 5.73 Å². The molecule has 3 aromatic rings. The normalized spacial score (nSPS) is 27.7. The lowest BCUT2D eigenvalue weighted by Crippen LogP contribution is -2.48. The average Bonchev–Trinajstić information content (AvgIpc) is 3.40. The van der Waals surface area contributed by atoms with Gasteiger partial charge in [0, 0.05) is 59.7 Å². The van der Waals surface area contributed by atoms with Gasteiger partial charge in [-0.05, 0) is 44.2 Å². The summed E-state index contributed by atoms with van der Waals surface area (Å²) in [6.45, 7) is 2.12. The number of nitrogens with two attached hydrogens (primary N) is 1. The van der Waals surface area contributed by atoms with Gasteiger partial charge in [-0.15, -0.1) is 0 Å². The van der Waals surface area contributed by atoms with Gasteiger partial charge in [-0.3, -0.25) is 4.79 Å². The van der Waals surface area contributed by atoms with E-state index in [1.807, 2.05) is 37.3 Å². The van der Waals surface area contributed by atoms with Gasteiger partial charge in [0.15, 0.2) is 17.6 Å². The standard InChI is InChI=1S/C34H35ClF2N4O4/c1-33(43)12-10-21(11-13-33)41-19-34(20-6-3-2-4-7-20)17-23-26(45-34)16-24(36)30(35)28(23)29-22(32(38)42)8-9-25(31(29)37)44-18-27-39-14-5-15-40-27/h2-9,14-16,21,25,31,41,43H,10-13,17-19H2,1H3,(H2,38,42)/t21?,25?,31?,33?,34-/m1/s1. The minimum Gasteiger partial charge on any atom is -0.480 e. The van der Waals surface area contributed by atoms with Crippen LogP contribution in [0, 0.1) is 5.82 Å². The van der Waals surface area contributed by atoms with E-state index in [1.165, 1.54) is 18.2 Å². The quantitative estimate of drug-likeness (QED) is 0.298. The molecule has 2 heterocycles. The van der Waals surface area contributed by atoms with Crippen LogP contribution in [0.25, 0.3) is 5.57 Å². The fourth-order valence-electron chi connectivity index (χ4n) is 6.47. The van der Waals surface area contributed by atoms with Gasteiger partial charge in [-0.1, -0.05) is 54.1 Å². The second-order valence-electron chi connectivity index (χ2n) is 12.2. The Kier molecular flexibility index (Phi) is 8.76. The van der Waals surface area contributed by atoms with E-state index in [4.69, 9.17) is 26.8 Å². The van der Waals surface area contributed by atoms with Crippen LogP contribution in [0.3, 0.4) is 0 Å². The van der Waals surface area contributed by atoms with Crippen molar-refractivity contribution < 1.29 is 28.2 Å². The number of amides is 1. The maximum atomic E-state index is 16.5. The van der Waals surface area contributed by atoms with Gasteiger partial charge in [0.05, 0.1) is 10.6 Å². The number of nitrogens with one attached hydrogen (secondary N) is 1. The van der Waals surface area contributed by atoms with Crippen molar-refractivity contribution in [1.82, 2.24) is 15.3 Å². The Labute approximate surface area is 265 Å². The number of nitrogens with zero attached hydrogens (tertiary/aromatic N) is 2. The van der Waals surface area contributed by atoms with Gasteiger partial charge in [-0.25, -0.2) is 18.7 Å². The number of primary amides is 1. The molecule has 236 valence electrons. The van der Waals surface area contributed by atoms with Crippen LogP contribution in [0.4, 0.5) is 8.78 Å². The third kappa shape index (κ3) is 6.37. The van der Waals surface area contributed by atoms with Crippen molar-refractivity contribution in [1.29, 1.82) is 0 Å². The number of ether oxygens (including phenoxy) is 2. The molecule has 6 rings (SSSR count). The molecule has 2 unspecified atom stereocenters. The maximum Gasteiger partial charge on any atom is 0.249 e. The molecule has 2 aromatic carbocycles. The highest BCUT2D eigenvalue weighted by molar-refractivity contribution is 6.33. The minimum atomic E-state index is -1.91. The second kappa shape index (κ2) is 12.6. The molecule has 3 aliphatic rings. The number of fused-ring (bicyclic) bond motifs is 1. The number of hydrogen-bond donors (Lipinski definition) is 3. The van der Waals surface area contributed by atoms with E-state index in [-0.39, 0.29) is 46.6 Å². The first kappa shape index (κ1) is 31.3. The minimum absolute atomic E-state index is 0.0356. The summed E-state index contributed by atoms with van der Waals surface area (Å²) >= 11 is 6.62. The Hall–Kier alpha value is -3.70. The Morgan fingerprint density at radius 3 is 2.60 bits per heavy atom. The SMILES string of the molecule is CC1(O)CCC(NC[C@@]2(c3ccccc3)Cc3c(cc(F)c(Cl)c3C3=C(C(N)=O)C=CC(OCc4ncccn4)C3F)O2)CC1. The number of halogens is 3. The van der Waals surface area contributed by atoms with Crippen LogP contribution in [0.2, 0.25) is 5.02 Å². The predicted octanol–water partition coefficient (Wildman–Crippen LogP) is 5.11. The fourth-order valence-corrected chi connectivity index (χ4v) is 6.74. The van der Waals surface area contributed by atoms with Crippen molar-refractivity contribution in [3.8, 4) is 5.75 Å². The first-order chi connectivity index (χ1) is 21.6. The predicted molar refractivity (Wildman–Crippen MR) is 166 cm³/mol. The van der Waals surface area contributed by atoms with E-state index in [2.05, 4.69) is 15.3 Å². The van der Waals surface area contributed by atoms with Crippen LogP contribution in [0.1, 0.15) is 55.1 Å². The summed E-state index contributed by atoms with van der Waals surface area (Å²) in [6.07, 6.45) is 5.97. The highest BCUT2D eigenvalue weighted by Gasteiger charge is 2.46. The molecule has 8 nitrogen and oxygen atoms in total. The van der Waals surface area contributed by atoms with Crippen LogP contribution in [-0.2, 0) is 28.2 Å². The number of hydrogen-bond acceptors (Lipinski definition) is 7. The molecule has 1 aliphatic heterocycles. The first-order valence-electron chi connectivity index (χ1n) is 15.0. The van der Waals surface area contributed by atoms with Crippen LogP contribution in [0.15, 0.2) is 72.6 Å². The molecule has 1 amide bonds. The fraction of sp³-hybridized carbons (Fsp3) is 0.382. The topological polar surface area (TPSA) is 120 Å². The molecular formula is C34H35ClF2N4O4. The maximum absolute atomic E-state index is 16.5. The smallest absolute Gasteiger partial charge is 0.249 e. The zero-order valence-electron chi connectivity index (χ0n) is 24.8. The summed E-state index contributed by atoms with van der Waals surface area (Å²) in [7, 11) is 0. The summed E-state index contributed by atoms with van der Waals surface area (Å²) in [4.78, 5) is 20.8. The number of benzene rings is 2. The van der Waals surface area contributed by atoms with E-state index in [0.717, 1.165) is 18.4 Å². The van der Waals surface area contributed by atoms with E-state index >= 15 is 8.78 Å². The Morgan fingerprint density at radius 2 is 1.91 bits per heavy atom. The van der Waals surface area contributed by atoms with Gasteiger partial charge in [-0.2, -0.15) is 0 Å². The van der Waals surface area contributed by atoms with Crippen LogP contribution in [0.5, 0.6) is 5.75 Å². The Morgan fingerprint density at radius 1 is 1.20 bits per heavy atom. The lowest BCUT2D eigenvalue weighted by molar-refractivity contribution is -0.114. The zero-order chi connectivity index (χ0) is 31.8. The molecular weight excluding hydrogens is 602 g/mol. The number of rotatable bonds is 9. The Bertz CT molecular complexity index is 1630.